The molecule has 0 atom stereocenters. The molecule has 3 rings (SSSR count). The van der Waals surface area contributed by atoms with Gasteiger partial charge in [-0.05, 0) is 37.0 Å². The minimum Gasteiger partial charge on any atom is -0.355 e. The van der Waals surface area contributed by atoms with E-state index < -0.39 is 10.0 Å². The fourth-order valence-corrected chi connectivity index (χ4v) is 4.33. The summed E-state index contributed by atoms with van der Waals surface area (Å²) in [6.07, 6.45) is 2.83. The predicted molar refractivity (Wildman–Crippen MR) is 113 cm³/mol. The lowest BCUT2D eigenvalue weighted by atomic mass is 10.1. The SMILES string of the molecule is NS(=O)(=O)c1ccc(CCNC(=O)CN2CCN(CC(=O)N3CCCC3)CC2)cc1. The van der Waals surface area contributed by atoms with Crippen LogP contribution in [-0.4, -0.2) is 93.8 Å². The Labute approximate surface area is 178 Å². The van der Waals surface area contributed by atoms with E-state index in [1.54, 1.807) is 12.1 Å². The smallest absolute Gasteiger partial charge is 0.238 e. The highest BCUT2D eigenvalue weighted by molar-refractivity contribution is 7.89. The largest absolute Gasteiger partial charge is 0.355 e. The maximum absolute atomic E-state index is 12.2. The van der Waals surface area contributed by atoms with Crippen molar-refractivity contribution in [2.45, 2.75) is 24.2 Å². The Hall–Kier alpha value is -2.01. The van der Waals surface area contributed by atoms with Crippen LogP contribution in [0.3, 0.4) is 0 Å². The first-order valence-electron chi connectivity index (χ1n) is 10.4. The Balaban J connectivity index is 1.31. The van der Waals surface area contributed by atoms with Crippen LogP contribution in [0.5, 0.6) is 0 Å². The number of carbonyl (C=O) groups excluding carboxylic acids is 2. The van der Waals surface area contributed by atoms with E-state index in [9.17, 15) is 18.0 Å². The third-order valence-corrected chi connectivity index (χ3v) is 6.57. The van der Waals surface area contributed by atoms with E-state index in [1.807, 2.05) is 4.90 Å². The fraction of sp³-hybridized carbons (Fsp3) is 0.600. The van der Waals surface area contributed by atoms with Gasteiger partial charge in [0.25, 0.3) is 0 Å². The molecule has 1 aromatic carbocycles. The first-order chi connectivity index (χ1) is 14.3. The topological polar surface area (TPSA) is 116 Å². The molecule has 166 valence electrons. The zero-order valence-corrected chi connectivity index (χ0v) is 18.1. The molecule has 10 heteroatoms. The van der Waals surface area contributed by atoms with E-state index in [1.165, 1.54) is 12.1 Å². The standard InChI is InChI=1S/C20H31N5O4S/c21-30(28,29)18-5-3-17(4-6-18)7-8-22-19(26)15-23-11-13-24(14-12-23)16-20(27)25-9-1-2-10-25/h3-6H,1-2,7-16H2,(H,22,26)(H2,21,28,29). The molecule has 0 spiro atoms. The number of primary sulfonamides is 1. The number of likely N-dealkylation sites (tertiary alicyclic amines) is 1. The number of carbonyl (C=O) groups is 2. The Bertz CT molecular complexity index is 829. The number of sulfonamides is 1. The number of hydrogen-bond donors (Lipinski definition) is 2. The normalized spacial score (nSPS) is 18.5. The van der Waals surface area contributed by atoms with Crippen molar-refractivity contribution >= 4 is 21.8 Å². The summed E-state index contributed by atoms with van der Waals surface area (Å²) in [5.41, 5.74) is 0.930. The second-order valence-electron chi connectivity index (χ2n) is 7.93. The van der Waals surface area contributed by atoms with Gasteiger partial charge in [-0.25, -0.2) is 13.6 Å². The lowest BCUT2D eigenvalue weighted by Crippen LogP contribution is -2.51. The van der Waals surface area contributed by atoms with Gasteiger partial charge >= 0.3 is 0 Å². The zero-order chi connectivity index (χ0) is 21.6. The van der Waals surface area contributed by atoms with Gasteiger partial charge in [0, 0.05) is 45.8 Å². The van der Waals surface area contributed by atoms with E-state index in [4.69, 9.17) is 5.14 Å². The molecule has 2 fully saturated rings. The van der Waals surface area contributed by atoms with Gasteiger partial charge in [0.2, 0.25) is 21.8 Å². The highest BCUT2D eigenvalue weighted by atomic mass is 32.2. The highest BCUT2D eigenvalue weighted by Gasteiger charge is 2.24. The second-order valence-corrected chi connectivity index (χ2v) is 9.49. The van der Waals surface area contributed by atoms with Crippen LogP contribution < -0.4 is 10.5 Å². The number of nitrogens with two attached hydrogens (primary N) is 1. The summed E-state index contributed by atoms with van der Waals surface area (Å²) in [6.45, 7) is 6.21. The summed E-state index contributed by atoms with van der Waals surface area (Å²) in [6, 6.07) is 6.35. The summed E-state index contributed by atoms with van der Waals surface area (Å²) in [5.74, 6) is 0.188. The Morgan fingerprint density at radius 2 is 1.47 bits per heavy atom. The van der Waals surface area contributed by atoms with Gasteiger partial charge in [-0.15, -0.1) is 0 Å². The second kappa shape index (κ2) is 10.3. The number of rotatable bonds is 8. The maximum Gasteiger partial charge on any atom is 0.238 e. The van der Waals surface area contributed by atoms with Crippen molar-refractivity contribution in [3.8, 4) is 0 Å². The number of nitrogens with zero attached hydrogens (tertiary/aromatic N) is 3. The van der Waals surface area contributed by atoms with E-state index in [0.29, 0.717) is 26.1 Å². The van der Waals surface area contributed by atoms with Crippen LogP contribution in [-0.2, 0) is 26.0 Å². The van der Waals surface area contributed by atoms with Crippen molar-refractivity contribution in [2.24, 2.45) is 5.14 Å². The summed E-state index contributed by atoms with van der Waals surface area (Å²) in [7, 11) is -3.68. The van der Waals surface area contributed by atoms with Crippen molar-refractivity contribution < 1.29 is 18.0 Å². The van der Waals surface area contributed by atoms with Crippen molar-refractivity contribution in [3.05, 3.63) is 29.8 Å². The molecule has 1 aromatic rings. The molecule has 0 bridgehead atoms. The lowest BCUT2D eigenvalue weighted by Gasteiger charge is -2.34. The van der Waals surface area contributed by atoms with Crippen LogP contribution in [0.1, 0.15) is 18.4 Å². The molecule has 30 heavy (non-hydrogen) atoms. The maximum atomic E-state index is 12.2. The minimum atomic E-state index is -3.68. The lowest BCUT2D eigenvalue weighted by molar-refractivity contribution is -0.132. The first-order valence-corrected chi connectivity index (χ1v) is 12.0. The fourth-order valence-electron chi connectivity index (χ4n) is 3.81. The van der Waals surface area contributed by atoms with Crippen molar-refractivity contribution in [3.63, 3.8) is 0 Å². The third kappa shape index (κ3) is 6.76. The number of piperazine rings is 1. The molecular weight excluding hydrogens is 406 g/mol. The first kappa shape index (κ1) is 22.7. The van der Waals surface area contributed by atoms with Crippen LogP contribution in [0.15, 0.2) is 29.2 Å². The predicted octanol–water partition coefficient (Wildman–Crippen LogP) is -0.767. The van der Waals surface area contributed by atoms with Crippen molar-refractivity contribution in [2.75, 3.05) is 58.9 Å². The molecule has 3 N–H and O–H groups in total. The molecule has 0 unspecified atom stereocenters. The summed E-state index contributed by atoms with van der Waals surface area (Å²) >= 11 is 0. The van der Waals surface area contributed by atoms with E-state index in [0.717, 1.165) is 57.7 Å². The van der Waals surface area contributed by atoms with Gasteiger partial charge in [0.15, 0.2) is 0 Å². The number of hydrogen-bond acceptors (Lipinski definition) is 6. The van der Waals surface area contributed by atoms with Crippen molar-refractivity contribution in [1.29, 1.82) is 0 Å². The highest BCUT2D eigenvalue weighted by Crippen LogP contribution is 2.10. The van der Waals surface area contributed by atoms with Gasteiger partial charge in [0.05, 0.1) is 18.0 Å². The molecule has 9 nitrogen and oxygen atoms in total. The van der Waals surface area contributed by atoms with Crippen LogP contribution in [0.4, 0.5) is 0 Å². The summed E-state index contributed by atoms with van der Waals surface area (Å²) in [5, 5.41) is 7.99. The molecule has 0 aliphatic carbocycles. The van der Waals surface area contributed by atoms with Crippen LogP contribution in [0.2, 0.25) is 0 Å². The Morgan fingerprint density at radius 3 is 2.03 bits per heavy atom. The average molecular weight is 438 g/mol. The molecule has 2 aliphatic heterocycles. The molecule has 2 aliphatic rings. The average Bonchev–Trinajstić information content (AvgIpc) is 3.24. The Morgan fingerprint density at radius 1 is 0.900 bits per heavy atom. The Kier molecular flexibility index (Phi) is 7.81. The van der Waals surface area contributed by atoms with Crippen LogP contribution in [0.25, 0.3) is 0 Å². The van der Waals surface area contributed by atoms with E-state index >= 15 is 0 Å². The quantitative estimate of drug-likeness (QED) is 0.552. The molecule has 2 heterocycles. The summed E-state index contributed by atoms with van der Waals surface area (Å²) < 4.78 is 22.5. The van der Waals surface area contributed by atoms with Crippen molar-refractivity contribution in [1.82, 2.24) is 20.0 Å². The van der Waals surface area contributed by atoms with Crippen LogP contribution in [0, 0.1) is 0 Å². The van der Waals surface area contributed by atoms with Gasteiger partial charge in [-0.1, -0.05) is 12.1 Å². The summed E-state index contributed by atoms with van der Waals surface area (Å²) in [4.78, 5) is 30.7. The van der Waals surface area contributed by atoms with Gasteiger partial charge < -0.3 is 10.2 Å². The number of benzene rings is 1. The van der Waals surface area contributed by atoms with Gasteiger partial charge in [-0.3, -0.25) is 19.4 Å². The number of nitrogens with one attached hydrogen (secondary N) is 1. The van der Waals surface area contributed by atoms with E-state index in [-0.39, 0.29) is 16.7 Å². The molecule has 0 saturated carbocycles. The monoisotopic (exact) mass is 437 g/mol. The third-order valence-electron chi connectivity index (χ3n) is 5.64. The van der Waals surface area contributed by atoms with Gasteiger partial charge in [0.1, 0.15) is 0 Å². The molecule has 2 saturated heterocycles. The minimum absolute atomic E-state index is 0.0299. The molecular formula is C20H31N5O4S. The van der Waals surface area contributed by atoms with Crippen LogP contribution >= 0.6 is 0 Å². The number of amides is 2. The molecule has 0 aromatic heterocycles. The molecule has 0 radical (unpaired) electrons. The van der Waals surface area contributed by atoms with Gasteiger partial charge in [-0.2, -0.15) is 0 Å². The molecule has 2 amide bonds. The zero-order valence-electron chi connectivity index (χ0n) is 17.3. The van der Waals surface area contributed by atoms with E-state index in [2.05, 4.69) is 15.1 Å².